The van der Waals surface area contributed by atoms with Crippen molar-refractivity contribution in [3.05, 3.63) is 50.9 Å². The minimum atomic E-state index is -0.720. The third kappa shape index (κ3) is 2.21. The van der Waals surface area contributed by atoms with E-state index in [2.05, 4.69) is 36.8 Å². The number of aliphatic hydroxyl groups is 1. The van der Waals surface area contributed by atoms with Gasteiger partial charge in [0.05, 0.1) is 0 Å². The summed E-state index contributed by atoms with van der Waals surface area (Å²) in [7, 11) is 1.86. The van der Waals surface area contributed by atoms with E-state index < -0.39 is 6.10 Å². The summed E-state index contributed by atoms with van der Waals surface area (Å²) in [5.41, 5.74) is 0.803. The summed E-state index contributed by atoms with van der Waals surface area (Å²) >= 11 is 6.81. The molecule has 0 amide bonds. The van der Waals surface area contributed by atoms with Crippen molar-refractivity contribution in [3.63, 3.8) is 0 Å². The van der Waals surface area contributed by atoms with Gasteiger partial charge in [0.25, 0.3) is 0 Å². The van der Waals surface area contributed by atoms with E-state index in [0.29, 0.717) is 5.82 Å². The Morgan fingerprint density at radius 1 is 1.38 bits per heavy atom. The lowest BCUT2D eigenvalue weighted by atomic mass is 10.1. The van der Waals surface area contributed by atoms with Crippen molar-refractivity contribution in [2.24, 2.45) is 7.05 Å². The van der Waals surface area contributed by atoms with Gasteiger partial charge in [0.2, 0.25) is 0 Å². The average Bonchev–Trinajstić information content (AvgIpc) is 2.63. The normalized spacial score (nSPS) is 12.8. The van der Waals surface area contributed by atoms with Crippen LogP contribution in [0.4, 0.5) is 0 Å². The van der Waals surface area contributed by atoms with Crippen molar-refractivity contribution in [1.82, 2.24) is 9.55 Å². The van der Waals surface area contributed by atoms with Gasteiger partial charge < -0.3 is 9.67 Å². The molecule has 0 saturated carbocycles. The van der Waals surface area contributed by atoms with Gasteiger partial charge >= 0.3 is 0 Å². The zero-order valence-electron chi connectivity index (χ0n) is 8.56. The van der Waals surface area contributed by atoms with E-state index in [0.717, 1.165) is 14.5 Å². The molecule has 0 fully saturated rings. The topological polar surface area (TPSA) is 38.0 Å². The highest BCUT2D eigenvalue weighted by Gasteiger charge is 2.17. The Kier molecular flexibility index (Phi) is 3.47. The van der Waals surface area contributed by atoms with Crippen LogP contribution in [0.3, 0.4) is 0 Å². The monoisotopic (exact) mass is 344 g/mol. The number of nitrogens with zero attached hydrogens (tertiary/aromatic N) is 2. The number of imidazole rings is 1. The number of hydrogen-bond acceptors (Lipinski definition) is 2. The van der Waals surface area contributed by atoms with Crippen LogP contribution in [0.1, 0.15) is 17.5 Å². The van der Waals surface area contributed by atoms with Crippen LogP contribution in [-0.2, 0) is 7.05 Å². The fourth-order valence-corrected chi connectivity index (χ4v) is 2.77. The molecule has 0 aliphatic heterocycles. The van der Waals surface area contributed by atoms with Crippen molar-refractivity contribution in [3.8, 4) is 0 Å². The first-order valence-electron chi connectivity index (χ1n) is 4.70. The maximum atomic E-state index is 10.2. The van der Waals surface area contributed by atoms with Gasteiger partial charge in [-0.05, 0) is 12.1 Å². The summed E-state index contributed by atoms with van der Waals surface area (Å²) in [5.74, 6) is 0.628. The first-order chi connectivity index (χ1) is 7.59. The van der Waals surface area contributed by atoms with Crippen molar-refractivity contribution in [2.75, 3.05) is 0 Å². The molecule has 0 aliphatic carbocycles. The Bertz CT molecular complexity index is 510. The van der Waals surface area contributed by atoms with E-state index in [1.807, 2.05) is 31.4 Å². The predicted molar refractivity (Wildman–Crippen MR) is 69.1 cm³/mol. The van der Waals surface area contributed by atoms with Crippen LogP contribution in [0.15, 0.2) is 39.5 Å². The zero-order chi connectivity index (χ0) is 11.7. The van der Waals surface area contributed by atoms with Crippen molar-refractivity contribution in [1.29, 1.82) is 0 Å². The van der Waals surface area contributed by atoms with E-state index in [9.17, 15) is 5.11 Å². The zero-order valence-corrected chi connectivity index (χ0v) is 11.7. The minimum Gasteiger partial charge on any atom is -0.380 e. The van der Waals surface area contributed by atoms with E-state index in [1.165, 1.54) is 0 Å². The molecule has 1 aromatic carbocycles. The molecule has 2 rings (SSSR count). The molecule has 0 saturated heterocycles. The van der Waals surface area contributed by atoms with Crippen LogP contribution in [0, 0.1) is 0 Å². The molecule has 1 heterocycles. The maximum absolute atomic E-state index is 10.2. The fraction of sp³-hybridized carbons (Fsp3) is 0.182. The van der Waals surface area contributed by atoms with Crippen LogP contribution in [0.25, 0.3) is 0 Å². The first kappa shape index (κ1) is 11.8. The van der Waals surface area contributed by atoms with E-state index in [1.54, 1.807) is 10.8 Å². The molecule has 0 bridgehead atoms. The van der Waals surface area contributed by atoms with Gasteiger partial charge in [-0.15, -0.1) is 0 Å². The second-order valence-electron chi connectivity index (χ2n) is 3.46. The van der Waals surface area contributed by atoms with Gasteiger partial charge in [0.1, 0.15) is 11.9 Å². The van der Waals surface area contributed by atoms with Crippen LogP contribution < -0.4 is 0 Å². The highest BCUT2D eigenvalue weighted by Crippen LogP contribution is 2.29. The van der Waals surface area contributed by atoms with Crippen LogP contribution in [0.5, 0.6) is 0 Å². The number of halogens is 2. The molecule has 3 nitrogen and oxygen atoms in total. The summed E-state index contributed by atoms with van der Waals surface area (Å²) in [5, 5.41) is 10.2. The van der Waals surface area contributed by atoms with Crippen molar-refractivity contribution >= 4 is 31.9 Å². The Balaban J connectivity index is 2.41. The Morgan fingerprint density at radius 3 is 2.69 bits per heavy atom. The van der Waals surface area contributed by atoms with Gasteiger partial charge in [0, 0.05) is 34.0 Å². The summed E-state index contributed by atoms with van der Waals surface area (Å²) < 4.78 is 3.63. The molecule has 1 N–H and O–H groups in total. The first-order valence-corrected chi connectivity index (χ1v) is 6.28. The number of hydrogen-bond donors (Lipinski definition) is 1. The van der Waals surface area contributed by atoms with Crippen LogP contribution in [-0.4, -0.2) is 14.7 Å². The Morgan fingerprint density at radius 2 is 2.12 bits per heavy atom. The summed E-state index contributed by atoms with van der Waals surface area (Å²) in [4.78, 5) is 4.14. The molecule has 1 atom stereocenters. The molecule has 5 heteroatoms. The summed E-state index contributed by atoms with van der Waals surface area (Å²) in [6, 6.07) is 5.67. The highest BCUT2D eigenvalue weighted by atomic mass is 79.9. The molecule has 1 aromatic heterocycles. The molecular formula is C11H10Br2N2O. The molecule has 0 radical (unpaired) electrons. The minimum absolute atomic E-state index is 0.628. The van der Waals surface area contributed by atoms with Gasteiger partial charge in [-0.25, -0.2) is 4.98 Å². The smallest absolute Gasteiger partial charge is 0.142 e. The van der Waals surface area contributed by atoms with Crippen molar-refractivity contribution < 1.29 is 5.11 Å². The predicted octanol–water partition coefficient (Wildman–Crippen LogP) is 3.03. The second-order valence-corrected chi connectivity index (χ2v) is 5.23. The Hall–Kier alpha value is -0.650. The highest BCUT2D eigenvalue weighted by molar-refractivity contribution is 9.11. The van der Waals surface area contributed by atoms with Gasteiger partial charge in [-0.3, -0.25) is 0 Å². The SMILES string of the molecule is Cn1ccnc1C(O)c1ccc(Br)cc1Br. The standard InChI is InChI=1S/C11H10Br2N2O/c1-15-5-4-14-11(15)10(16)8-3-2-7(12)6-9(8)13/h2-6,10,16H,1H3. The fourth-order valence-electron chi connectivity index (χ4n) is 1.50. The summed E-state index contributed by atoms with van der Waals surface area (Å²) in [6.45, 7) is 0. The van der Waals surface area contributed by atoms with Gasteiger partial charge in [-0.1, -0.05) is 37.9 Å². The lowest BCUT2D eigenvalue weighted by molar-refractivity contribution is 0.205. The van der Waals surface area contributed by atoms with Crippen LogP contribution in [0.2, 0.25) is 0 Å². The lowest BCUT2D eigenvalue weighted by Crippen LogP contribution is -2.07. The van der Waals surface area contributed by atoms with Crippen LogP contribution >= 0.6 is 31.9 Å². The number of rotatable bonds is 2. The second kappa shape index (κ2) is 4.69. The van der Waals surface area contributed by atoms with Gasteiger partial charge in [0.15, 0.2) is 0 Å². The molecule has 16 heavy (non-hydrogen) atoms. The molecular weight excluding hydrogens is 336 g/mol. The molecule has 84 valence electrons. The van der Waals surface area contributed by atoms with Gasteiger partial charge in [-0.2, -0.15) is 0 Å². The van der Waals surface area contributed by atoms with E-state index in [-0.39, 0.29) is 0 Å². The number of aromatic nitrogens is 2. The average molecular weight is 346 g/mol. The third-order valence-electron chi connectivity index (χ3n) is 2.36. The molecule has 0 aliphatic rings. The molecule has 1 unspecified atom stereocenters. The third-order valence-corrected chi connectivity index (χ3v) is 3.54. The lowest BCUT2D eigenvalue weighted by Gasteiger charge is -2.12. The number of benzene rings is 1. The largest absolute Gasteiger partial charge is 0.380 e. The number of aliphatic hydroxyl groups excluding tert-OH is 1. The quantitative estimate of drug-likeness (QED) is 0.908. The van der Waals surface area contributed by atoms with E-state index >= 15 is 0 Å². The summed E-state index contributed by atoms with van der Waals surface area (Å²) in [6.07, 6.45) is 2.76. The van der Waals surface area contributed by atoms with E-state index in [4.69, 9.17) is 0 Å². The van der Waals surface area contributed by atoms with Crippen molar-refractivity contribution in [2.45, 2.75) is 6.10 Å². The number of aryl methyl sites for hydroxylation is 1. The molecule has 0 spiro atoms. The molecule has 2 aromatic rings. The Labute approximate surface area is 110 Å². The maximum Gasteiger partial charge on any atom is 0.142 e.